The topological polar surface area (TPSA) is 50.4 Å². The molecular weight excluding hydrogens is 404 g/mol. The van der Waals surface area contributed by atoms with Crippen LogP contribution < -0.4 is 5.63 Å². The van der Waals surface area contributed by atoms with Gasteiger partial charge in [0, 0.05) is 16.4 Å². The summed E-state index contributed by atoms with van der Waals surface area (Å²) in [6.07, 6.45) is 4.95. The fourth-order valence-electron chi connectivity index (χ4n) is 4.39. The molecule has 162 valence electrons. The van der Waals surface area contributed by atoms with Crippen molar-refractivity contribution in [3.05, 3.63) is 87.5 Å². The normalized spacial score (nSPS) is 15.1. The average molecular weight is 435 g/mol. The highest BCUT2D eigenvalue weighted by Gasteiger charge is 2.41. The zero-order chi connectivity index (χ0) is 22.0. The van der Waals surface area contributed by atoms with Gasteiger partial charge in [0.05, 0.1) is 0 Å². The van der Waals surface area contributed by atoms with Crippen molar-refractivity contribution in [1.82, 2.24) is 0 Å². The Morgan fingerprint density at radius 1 is 1.10 bits per heavy atom. The summed E-state index contributed by atoms with van der Waals surface area (Å²) in [6, 6.07) is 18.3. The quantitative estimate of drug-likeness (QED) is 0.436. The van der Waals surface area contributed by atoms with Crippen LogP contribution in [-0.4, -0.2) is 5.11 Å². The Labute approximate surface area is 188 Å². The van der Waals surface area contributed by atoms with Crippen molar-refractivity contribution in [2.24, 2.45) is 0 Å². The van der Waals surface area contributed by atoms with Crippen LogP contribution in [0.5, 0.6) is 5.75 Å². The van der Waals surface area contributed by atoms with E-state index in [0.29, 0.717) is 11.7 Å². The van der Waals surface area contributed by atoms with E-state index >= 15 is 0 Å². The van der Waals surface area contributed by atoms with Crippen LogP contribution in [0.1, 0.15) is 67.9 Å². The first-order chi connectivity index (χ1) is 14.9. The fourth-order valence-corrected chi connectivity index (χ4v) is 5.57. The van der Waals surface area contributed by atoms with Gasteiger partial charge in [-0.15, -0.1) is 0 Å². The Morgan fingerprint density at radius 2 is 1.84 bits per heavy atom. The number of hydrogen-bond donors (Lipinski definition) is 1. The molecule has 1 aliphatic rings. The predicted molar refractivity (Wildman–Crippen MR) is 126 cm³/mol. The lowest BCUT2D eigenvalue weighted by molar-refractivity contribution is 0.174. The van der Waals surface area contributed by atoms with E-state index in [1.54, 1.807) is 6.07 Å². The molecular formula is C27H30O3S. The third-order valence-corrected chi connectivity index (χ3v) is 7.61. The Balaban J connectivity index is 1.62. The Morgan fingerprint density at radius 3 is 2.45 bits per heavy atom. The number of aryl methyl sites for hydroxylation is 2. The number of aromatic hydroxyl groups is 1. The van der Waals surface area contributed by atoms with Crippen molar-refractivity contribution in [1.29, 1.82) is 0 Å². The third kappa shape index (κ3) is 4.59. The standard InChI is InChI=1S/C27H30O3S/c1-18(2)21-11-10-19(3)16-23(21)31-25-22(28)17-24(30-26(25)29)27(13-7-14-27)15-12-20-8-5-4-6-9-20/h4-6,8-11,16-18,28H,7,12-15H2,1-3H3. The van der Waals surface area contributed by atoms with Gasteiger partial charge in [-0.05, 0) is 61.3 Å². The zero-order valence-corrected chi connectivity index (χ0v) is 19.3. The van der Waals surface area contributed by atoms with Gasteiger partial charge in [0.1, 0.15) is 16.4 Å². The van der Waals surface area contributed by atoms with Crippen molar-refractivity contribution in [3.63, 3.8) is 0 Å². The summed E-state index contributed by atoms with van der Waals surface area (Å²) < 4.78 is 5.85. The molecule has 0 unspecified atom stereocenters. The van der Waals surface area contributed by atoms with Crippen LogP contribution in [0.15, 0.2) is 73.6 Å². The lowest BCUT2D eigenvalue weighted by atomic mass is 9.64. The summed E-state index contributed by atoms with van der Waals surface area (Å²) in [6.45, 7) is 6.30. The molecule has 31 heavy (non-hydrogen) atoms. The molecule has 4 rings (SSSR count). The minimum Gasteiger partial charge on any atom is -0.506 e. The minimum absolute atomic E-state index is 0.0263. The molecule has 1 fully saturated rings. The highest BCUT2D eigenvalue weighted by atomic mass is 32.2. The van der Waals surface area contributed by atoms with Gasteiger partial charge in [-0.2, -0.15) is 0 Å². The van der Waals surface area contributed by atoms with Gasteiger partial charge in [-0.1, -0.05) is 74.5 Å². The van der Waals surface area contributed by atoms with E-state index in [1.807, 2.05) is 13.0 Å². The van der Waals surface area contributed by atoms with Crippen LogP contribution in [-0.2, 0) is 11.8 Å². The molecule has 0 bridgehead atoms. The molecule has 0 saturated heterocycles. The summed E-state index contributed by atoms with van der Waals surface area (Å²) in [5.41, 5.74) is 2.98. The Bertz CT molecular complexity index is 1110. The first-order valence-electron chi connectivity index (χ1n) is 11.1. The largest absolute Gasteiger partial charge is 0.506 e. The van der Waals surface area contributed by atoms with Crippen molar-refractivity contribution >= 4 is 11.8 Å². The summed E-state index contributed by atoms with van der Waals surface area (Å²) >= 11 is 1.31. The van der Waals surface area contributed by atoms with Gasteiger partial charge >= 0.3 is 5.63 Å². The van der Waals surface area contributed by atoms with Crippen molar-refractivity contribution in [3.8, 4) is 5.75 Å². The van der Waals surface area contributed by atoms with Crippen LogP contribution in [0.4, 0.5) is 0 Å². The molecule has 1 heterocycles. The van der Waals surface area contributed by atoms with E-state index < -0.39 is 5.63 Å². The molecule has 1 aromatic heterocycles. The molecule has 0 atom stereocenters. The summed E-state index contributed by atoms with van der Waals surface area (Å²) in [7, 11) is 0. The fraction of sp³-hybridized carbons (Fsp3) is 0.370. The van der Waals surface area contributed by atoms with E-state index in [1.165, 1.54) is 17.3 Å². The van der Waals surface area contributed by atoms with Crippen LogP contribution >= 0.6 is 11.8 Å². The van der Waals surface area contributed by atoms with E-state index in [9.17, 15) is 9.90 Å². The van der Waals surface area contributed by atoms with Gasteiger partial charge in [0.2, 0.25) is 0 Å². The number of rotatable bonds is 7. The highest BCUT2D eigenvalue weighted by Crippen LogP contribution is 2.48. The maximum absolute atomic E-state index is 12.9. The molecule has 0 radical (unpaired) electrons. The molecule has 2 aromatic carbocycles. The molecule has 1 aliphatic carbocycles. The molecule has 3 nitrogen and oxygen atoms in total. The predicted octanol–water partition coefficient (Wildman–Crippen LogP) is 6.98. The maximum Gasteiger partial charge on any atom is 0.353 e. The second-order valence-electron chi connectivity index (χ2n) is 9.03. The number of hydrogen-bond acceptors (Lipinski definition) is 4. The highest BCUT2D eigenvalue weighted by molar-refractivity contribution is 7.99. The lowest BCUT2D eigenvalue weighted by Crippen LogP contribution is -2.35. The van der Waals surface area contributed by atoms with Crippen LogP contribution in [0.3, 0.4) is 0 Å². The van der Waals surface area contributed by atoms with Gasteiger partial charge < -0.3 is 9.52 Å². The summed E-state index contributed by atoms with van der Waals surface area (Å²) in [4.78, 5) is 14.2. The summed E-state index contributed by atoms with van der Waals surface area (Å²) in [5, 5.41) is 10.8. The van der Waals surface area contributed by atoms with Crippen molar-refractivity contribution in [2.75, 3.05) is 0 Å². The zero-order valence-electron chi connectivity index (χ0n) is 18.5. The first-order valence-corrected chi connectivity index (χ1v) is 11.9. The maximum atomic E-state index is 12.9. The molecule has 1 saturated carbocycles. The van der Waals surface area contributed by atoms with E-state index in [-0.39, 0.29) is 16.1 Å². The molecule has 0 aliphatic heterocycles. The van der Waals surface area contributed by atoms with Crippen molar-refractivity contribution < 1.29 is 9.52 Å². The summed E-state index contributed by atoms with van der Waals surface area (Å²) in [5.74, 6) is 0.987. The van der Waals surface area contributed by atoms with Crippen LogP contribution in [0.25, 0.3) is 0 Å². The Hall–Kier alpha value is -2.46. The van der Waals surface area contributed by atoms with E-state index in [2.05, 4.69) is 56.3 Å². The SMILES string of the molecule is Cc1ccc(C(C)C)c(Sc2c(O)cc(C3(CCc4ccccc4)CCC3)oc2=O)c1. The monoisotopic (exact) mass is 434 g/mol. The smallest absolute Gasteiger partial charge is 0.353 e. The Kier molecular flexibility index (Phi) is 6.29. The average Bonchev–Trinajstić information content (AvgIpc) is 2.70. The first kappa shape index (κ1) is 21.8. The van der Waals surface area contributed by atoms with Crippen LogP contribution in [0, 0.1) is 6.92 Å². The molecule has 4 heteroatoms. The minimum atomic E-state index is -0.442. The van der Waals surface area contributed by atoms with Crippen molar-refractivity contribution in [2.45, 2.75) is 74.0 Å². The van der Waals surface area contributed by atoms with E-state index in [4.69, 9.17) is 4.42 Å². The molecule has 3 aromatic rings. The van der Waals surface area contributed by atoms with Crippen LogP contribution in [0.2, 0.25) is 0 Å². The molecule has 0 spiro atoms. The lowest BCUT2D eigenvalue weighted by Gasteiger charge is -2.41. The number of benzene rings is 2. The second-order valence-corrected chi connectivity index (χ2v) is 10.1. The van der Waals surface area contributed by atoms with Gasteiger partial charge in [-0.3, -0.25) is 0 Å². The molecule has 1 N–H and O–H groups in total. The van der Waals surface area contributed by atoms with E-state index in [0.717, 1.165) is 48.1 Å². The second kappa shape index (κ2) is 8.96. The van der Waals surface area contributed by atoms with Gasteiger partial charge in [-0.25, -0.2) is 4.79 Å². The van der Waals surface area contributed by atoms with Gasteiger partial charge in [0.15, 0.2) is 0 Å². The van der Waals surface area contributed by atoms with Gasteiger partial charge in [0.25, 0.3) is 0 Å². The molecule has 0 amide bonds. The third-order valence-electron chi connectivity index (χ3n) is 6.46.